The van der Waals surface area contributed by atoms with E-state index in [-0.39, 0.29) is 24.0 Å². The van der Waals surface area contributed by atoms with Crippen LogP contribution in [0.25, 0.3) is 22.6 Å². The fraction of sp³-hybridized carbons (Fsp3) is 0.267. The largest absolute Gasteiger partial charge is 0.508 e. The van der Waals surface area contributed by atoms with Crippen molar-refractivity contribution in [1.82, 2.24) is 10.5 Å². The maximum absolute atomic E-state index is 13.7. The number of piperidine rings is 1. The van der Waals surface area contributed by atoms with Crippen molar-refractivity contribution in [3.05, 3.63) is 77.9 Å². The highest BCUT2D eigenvalue weighted by Crippen LogP contribution is 2.44. The highest BCUT2D eigenvalue weighted by Gasteiger charge is 2.33. The quantitative estimate of drug-likeness (QED) is 0.314. The lowest BCUT2D eigenvalue weighted by Crippen LogP contribution is -2.35. The van der Waals surface area contributed by atoms with Gasteiger partial charge in [0.15, 0.2) is 5.76 Å². The molecule has 3 heterocycles. The van der Waals surface area contributed by atoms with E-state index >= 15 is 0 Å². The smallest absolute Gasteiger partial charge is 0.258 e. The summed E-state index contributed by atoms with van der Waals surface area (Å²) in [7, 11) is 0. The van der Waals surface area contributed by atoms with Crippen molar-refractivity contribution >= 4 is 11.6 Å². The van der Waals surface area contributed by atoms with Crippen LogP contribution in [0.5, 0.6) is 17.2 Å². The van der Waals surface area contributed by atoms with E-state index in [2.05, 4.69) is 10.5 Å². The third kappa shape index (κ3) is 4.70. The molecule has 1 atom stereocenters. The summed E-state index contributed by atoms with van der Waals surface area (Å²) in [4.78, 5) is 15.4. The van der Waals surface area contributed by atoms with E-state index in [1.165, 1.54) is 19.3 Å². The molecule has 0 bridgehead atoms. The van der Waals surface area contributed by atoms with Crippen molar-refractivity contribution in [3.8, 4) is 39.8 Å². The molecule has 3 aromatic carbocycles. The van der Waals surface area contributed by atoms with Crippen LogP contribution in [0.2, 0.25) is 0 Å². The lowest BCUT2D eigenvalue weighted by atomic mass is 9.95. The topological polar surface area (TPSA) is 108 Å². The molecule has 4 aromatic rings. The number of anilines is 1. The molecule has 2 aliphatic rings. The number of phenols is 2. The van der Waals surface area contributed by atoms with Crippen LogP contribution in [-0.4, -0.2) is 40.5 Å². The van der Waals surface area contributed by atoms with Gasteiger partial charge in [0.25, 0.3) is 5.91 Å². The second kappa shape index (κ2) is 10.2. The van der Waals surface area contributed by atoms with E-state index in [1.807, 2.05) is 12.1 Å². The van der Waals surface area contributed by atoms with Crippen molar-refractivity contribution in [3.63, 3.8) is 0 Å². The summed E-state index contributed by atoms with van der Waals surface area (Å²) in [5, 5.41) is 27.7. The van der Waals surface area contributed by atoms with Gasteiger partial charge in [-0.2, -0.15) is 0 Å². The molecule has 0 saturated carbocycles. The van der Waals surface area contributed by atoms with Crippen LogP contribution in [0.1, 0.15) is 41.6 Å². The minimum Gasteiger partial charge on any atom is -0.508 e. The number of hydrogen-bond acceptors (Lipinski definition) is 7. The molecule has 0 aliphatic carbocycles. The Morgan fingerprint density at radius 2 is 1.82 bits per heavy atom. The first-order valence-corrected chi connectivity index (χ1v) is 13.0. The molecular formula is C30H29N3O5. The number of ether oxygens (including phenoxy) is 1. The van der Waals surface area contributed by atoms with Gasteiger partial charge < -0.3 is 29.7 Å². The minimum atomic E-state index is -0.210. The molecule has 38 heavy (non-hydrogen) atoms. The Hall–Kier alpha value is -4.30. The molecular weight excluding hydrogens is 482 g/mol. The molecule has 2 aliphatic heterocycles. The van der Waals surface area contributed by atoms with E-state index in [9.17, 15) is 15.0 Å². The first kappa shape index (κ1) is 24.1. The minimum absolute atomic E-state index is 0.0588. The molecule has 1 aromatic heterocycles. The van der Waals surface area contributed by atoms with Gasteiger partial charge in [-0.3, -0.25) is 4.79 Å². The van der Waals surface area contributed by atoms with E-state index in [4.69, 9.17) is 9.26 Å². The number of aromatic nitrogens is 1. The number of carbonyl (C=O) groups is 1. The maximum atomic E-state index is 13.7. The Bertz CT molecular complexity index is 1430. The predicted octanol–water partition coefficient (Wildman–Crippen LogP) is 5.49. The molecule has 8 heteroatoms. The fourth-order valence-corrected chi connectivity index (χ4v) is 5.21. The molecule has 1 amide bonds. The predicted molar refractivity (Wildman–Crippen MR) is 143 cm³/mol. The highest BCUT2D eigenvalue weighted by molar-refractivity contribution is 6.09. The van der Waals surface area contributed by atoms with Gasteiger partial charge in [0.1, 0.15) is 22.9 Å². The van der Waals surface area contributed by atoms with Gasteiger partial charge in [0.2, 0.25) is 0 Å². The normalized spacial score (nSPS) is 16.5. The van der Waals surface area contributed by atoms with Crippen molar-refractivity contribution in [2.24, 2.45) is 0 Å². The number of aromatic hydroxyl groups is 2. The van der Waals surface area contributed by atoms with Gasteiger partial charge in [-0.1, -0.05) is 11.6 Å². The Balaban J connectivity index is 1.24. The monoisotopic (exact) mass is 511 g/mol. The number of carbonyl (C=O) groups excluding carboxylic acids is 1. The molecule has 8 nitrogen and oxygen atoms in total. The molecule has 3 N–H and O–H groups in total. The zero-order valence-corrected chi connectivity index (χ0v) is 20.9. The summed E-state index contributed by atoms with van der Waals surface area (Å²) < 4.78 is 11.6. The van der Waals surface area contributed by atoms with Crippen molar-refractivity contribution in [2.75, 3.05) is 18.1 Å². The first-order valence-electron chi connectivity index (χ1n) is 13.0. The van der Waals surface area contributed by atoms with Gasteiger partial charge in [-0.25, -0.2) is 0 Å². The van der Waals surface area contributed by atoms with Crippen LogP contribution in [0.3, 0.4) is 0 Å². The molecule has 194 valence electrons. The number of fused-ring (bicyclic) bond motifs is 3. The zero-order valence-electron chi connectivity index (χ0n) is 20.9. The van der Waals surface area contributed by atoms with E-state index in [0.717, 1.165) is 29.8 Å². The Labute approximate surface area is 220 Å². The van der Waals surface area contributed by atoms with Crippen molar-refractivity contribution in [2.45, 2.75) is 38.3 Å². The van der Waals surface area contributed by atoms with E-state index in [1.54, 1.807) is 59.5 Å². The number of benzene rings is 3. The van der Waals surface area contributed by atoms with Crippen LogP contribution < -0.4 is 15.0 Å². The standard InChI is InChI=1S/C30H29N3O5/c34-22-8-4-19(5-9-22)29-26-18-33(27-17-23(35)10-13-25(27)28(26)32-38-29)30(36)20-6-11-24(12-7-20)37-16-14-21-3-1-2-15-31-21/h4-13,17,21,31,34-35H,1-3,14-16,18H2. The van der Waals surface area contributed by atoms with Gasteiger partial charge in [0, 0.05) is 34.4 Å². The number of nitrogens with zero attached hydrogens (tertiary/aromatic N) is 2. The number of hydrogen-bond donors (Lipinski definition) is 3. The summed E-state index contributed by atoms with van der Waals surface area (Å²) in [5.74, 6) is 1.26. The maximum Gasteiger partial charge on any atom is 0.258 e. The Morgan fingerprint density at radius 3 is 2.58 bits per heavy atom. The molecule has 0 radical (unpaired) electrons. The molecule has 1 unspecified atom stereocenters. The fourth-order valence-electron chi connectivity index (χ4n) is 5.21. The van der Waals surface area contributed by atoms with Crippen LogP contribution in [0.15, 0.2) is 71.3 Å². The Morgan fingerprint density at radius 1 is 1.03 bits per heavy atom. The summed E-state index contributed by atoms with van der Waals surface area (Å²) in [5.41, 5.74) is 3.90. The zero-order chi connectivity index (χ0) is 26.1. The molecule has 1 saturated heterocycles. The van der Waals surface area contributed by atoms with Crippen LogP contribution in [-0.2, 0) is 6.54 Å². The number of nitrogens with one attached hydrogen (secondary N) is 1. The highest BCUT2D eigenvalue weighted by atomic mass is 16.5. The summed E-state index contributed by atoms with van der Waals surface area (Å²) in [6, 6.07) is 19.2. The van der Waals surface area contributed by atoms with Crippen LogP contribution >= 0.6 is 0 Å². The third-order valence-corrected chi connectivity index (χ3v) is 7.25. The SMILES string of the molecule is O=C(c1ccc(OCCC2CCCCN2)cc1)N1Cc2c(noc2-c2ccc(O)cc2)-c2ccc(O)cc21. The summed E-state index contributed by atoms with van der Waals surface area (Å²) >= 11 is 0. The Kier molecular flexibility index (Phi) is 6.47. The molecule has 6 rings (SSSR count). The third-order valence-electron chi connectivity index (χ3n) is 7.25. The van der Waals surface area contributed by atoms with Gasteiger partial charge in [-0.05, 0) is 86.5 Å². The second-order valence-corrected chi connectivity index (χ2v) is 9.79. The number of amides is 1. The lowest BCUT2D eigenvalue weighted by molar-refractivity contribution is 0.0985. The average molecular weight is 512 g/mol. The van der Waals surface area contributed by atoms with Gasteiger partial charge >= 0.3 is 0 Å². The summed E-state index contributed by atoms with van der Waals surface area (Å²) in [6.07, 6.45) is 4.65. The first-order chi connectivity index (χ1) is 18.6. The van der Waals surface area contributed by atoms with Crippen molar-refractivity contribution < 1.29 is 24.3 Å². The second-order valence-electron chi connectivity index (χ2n) is 9.79. The molecule has 1 fully saturated rings. The van der Waals surface area contributed by atoms with Gasteiger partial charge in [0.05, 0.1) is 18.8 Å². The van der Waals surface area contributed by atoms with E-state index in [0.29, 0.717) is 40.9 Å². The van der Waals surface area contributed by atoms with E-state index < -0.39 is 0 Å². The van der Waals surface area contributed by atoms with Crippen LogP contribution in [0.4, 0.5) is 5.69 Å². The number of rotatable bonds is 6. The summed E-state index contributed by atoms with van der Waals surface area (Å²) in [6.45, 7) is 1.92. The number of phenolic OH excluding ortho intramolecular Hbond substituents is 2. The van der Waals surface area contributed by atoms with Gasteiger partial charge in [-0.15, -0.1) is 0 Å². The molecule has 0 spiro atoms. The average Bonchev–Trinajstić information content (AvgIpc) is 3.37. The van der Waals surface area contributed by atoms with Crippen molar-refractivity contribution in [1.29, 1.82) is 0 Å². The van der Waals surface area contributed by atoms with Crippen LogP contribution in [0, 0.1) is 0 Å². The lowest BCUT2D eigenvalue weighted by Gasteiger charge is -2.29.